The molecule has 2 rings (SSSR count). The molecule has 0 heterocycles. The molecule has 0 aliphatic heterocycles. The third kappa shape index (κ3) is 2.57. The highest BCUT2D eigenvalue weighted by atomic mass is 19.1. The molecule has 1 fully saturated rings. The normalized spacial score (nSPS) is 26.5. The third-order valence-corrected chi connectivity index (χ3v) is 3.48. The summed E-state index contributed by atoms with van der Waals surface area (Å²) in [7, 11) is 2.03. The van der Waals surface area contributed by atoms with Crippen molar-refractivity contribution in [2.45, 2.75) is 37.6 Å². The molecule has 1 saturated carbocycles. The summed E-state index contributed by atoms with van der Waals surface area (Å²) in [5.74, 6) is 0.498. The Morgan fingerprint density at radius 2 is 1.67 bits per heavy atom. The van der Waals surface area contributed by atoms with Crippen molar-refractivity contribution in [3.05, 3.63) is 35.6 Å². The Morgan fingerprint density at radius 3 is 2.20 bits per heavy atom. The summed E-state index contributed by atoms with van der Waals surface area (Å²) in [6.07, 6.45) is 4.91. The van der Waals surface area contributed by atoms with Crippen molar-refractivity contribution in [3.8, 4) is 0 Å². The summed E-state index contributed by atoms with van der Waals surface area (Å²) >= 11 is 0. The zero-order chi connectivity index (χ0) is 10.7. The smallest absolute Gasteiger partial charge is 0.123 e. The summed E-state index contributed by atoms with van der Waals surface area (Å²) in [6.45, 7) is 0. The van der Waals surface area contributed by atoms with Crippen LogP contribution in [0.3, 0.4) is 0 Å². The van der Waals surface area contributed by atoms with Gasteiger partial charge in [-0.3, -0.25) is 0 Å². The molecule has 1 aromatic carbocycles. The highest BCUT2D eigenvalue weighted by Crippen LogP contribution is 2.32. The molecule has 2 heteroatoms. The van der Waals surface area contributed by atoms with Crippen LogP contribution in [-0.2, 0) is 0 Å². The zero-order valence-corrected chi connectivity index (χ0v) is 9.17. The summed E-state index contributed by atoms with van der Waals surface area (Å²) in [6, 6.07) is 7.68. The Morgan fingerprint density at radius 1 is 1.07 bits per heavy atom. The van der Waals surface area contributed by atoms with Gasteiger partial charge in [0.25, 0.3) is 0 Å². The van der Waals surface area contributed by atoms with E-state index in [0.29, 0.717) is 12.0 Å². The van der Waals surface area contributed by atoms with E-state index in [-0.39, 0.29) is 5.82 Å². The van der Waals surface area contributed by atoms with Gasteiger partial charge >= 0.3 is 0 Å². The van der Waals surface area contributed by atoms with Gasteiger partial charge in [0.2, 0.25) is 0 Å². The van der Waals surface area contributed by atoms with E-state index >= 15 is 0 Å². The minimum atomic E-state index is -0.136. The van der Waals surface area contributed by atoms with Crippen LogP contribution in [0.25, 0.3) is 0 Å². The first-order chi connectivity index (χ1) is 7.29. The number of rotatable bonds is 2. The molecule has 1 aliphatic carbocycles. The number of halogens is 1. The summed E-state index contributed by atoms with van der Waals surface area (Å²) in [5, 5.41) is 3.33. The van der Waals surface area contributed by atoms with Crippen LogP contribution in [0.5, 0.6) is 0 Å². The molecule has 0 amide bonds. The standard InChI is InChI=1S/C13H18FN/c1-15-13-8-4-11(5-9-13)10-2-6-12(14)7-3-10/h2-3,6-7,11,13,15H,4-5,8-9H2,1H3. The van der Waals surface area contributed by atoms with Crippen LogP contribution in [0.2, 0.25) is 0 Å². The Labute approximate surface area is 90.7 Å². The number of nitrogens with one attached hydrogen (secondary N) is 1. The lowest BCUT2D eigenvalue weighted by atomic mass is 9.82. The number of hydrogen-bond donors (Lipinski definition) is 1. The molecule has 1 nitrogen and oxygen atoms in total. The van der Waals surface area contributed by atoms with Crippen LogP contribution in [-0.4, -0.2) is 13.1 Å². The maximum atomic E-state index is 12.8. The van der Waals surface area contributed by atoms with Crippen LogP contribution >= 0.6 is 0 Å². The fraction of sp³-hybridized carbons (Fsp3) is 0.538. The molecule has 15 heavy (non-hydrogen) atoms. The molecule has 0 aromatic heterocycles. The average molecular weight is 207 g/mol. The molecule has 1 aromatic rings. The van der Waals surface area contributed by atoms with Crippen LogP contribution in [0, 0.1) is 5.82 Å². The molecule has 0 atom stereocenters. The van der Waals surface area contributed by atoms with Crippen LogP contribution in [0.1, 0.15) is 37.2 Å². The topological polar surface area (TPSA) is 12.0 Å². The van der Waals surface area contributed by atoms with E-state index < -0.39 is 0 Å². The minimum Gasteiger partial charge on any atom is -0.317 e. The van der Waals surface area contributed by atoms with Crippen molar-refractivity contribution in [1.82, 2.24) is 5.32 Å². The fourth-order valence-corrected chi connectivity index (χ4v) is 2.45. The minimum absolute atomic E-state index is 0.136. The second-order valence-electron chi connectivity index (χ2n) is 4.39. The van der Waals surface area contributed by atoms with Gasteiger partial charge in [0.1, 0.15) is 5.82 Å². The molecule has 0 spiro atoms. The summed E-state index contributed by atoms with van der Waals surface area (Å²) < 4.78 is 12.8. The highest BCUT2D eigenvalue weighted by Gasteiger charge is 2.20. The van der Waals surface area contributed by atoms with E-state index in [2.05, 4.69) is 5.32 Å². The molecule has 82 valence electrons. The largest absolute Gasteiger partial charge is 0.317 e. The molecular formula is C13H18FN. The van der Waals surface area contributed by atoms with E-state index in [1.165, 1.54) is 31.2 Å². The Kier molecular flexibility index (Phi) is 3.37. The third-order valence-electron chi connectivity index (χ3n) is 3.48. The fourth-order valence-electron chi connectivity index (χ4n) is 2.45. The van der Waals surface area contributed by atoms with Gasteiger partial charge in [-0.05, 0) is 56.3 Å². The van der Waals surface area contributed by atoms with Gasteiger partial charge in [-0.2, -0.15) is 0 Å². The van der Waals surface area contributed by atoms with Crippen molar-refractivity contribution in [1.29, 1.82) is 0 Å². The molecule has 1 N–H and O–H groups in total. The van der Waals surface area contributed by atoms with Crippen molar-refractivity contribution in [2.24, 2.45) is 0 Å². The Hall–Kier alpha value is -0.890. The first-order valence-corrected chi connectivity index (χ1v) is 5.72. The first kappa shape index (κ1) is 10.6. The predicted octanol–water partition coefficient (Wildman–Crippen LogP) is 3.07. The Bertz CT molecular complexity index is 299. The molecule has 0 saturated heterocycles. The van der Waals surface area contributed by atoms with Gasteiger partial charge in [-0.25, -0.2) is 4.39 Å². The van der Waals surface area contributed by atoms with Crippen molar-refractivity contribution < 1.29 is 4.39 Å². The lowest BCUT2D eigenvalue weighted by Crippen LogP contribution is -2.29. The van der Waals surface area contributed by atoms with E-state index in [1.54, 1.807) is 12.1 Å². The van der Waals surface area contributed by atoms with Crippen molar-refractivity contribution in [2.75, 3.05) is 7.05 Å². The van der Waals surface area contributed by atoms with Crippen molar-refractivity contribution in [3.63, 3.8) is 0 Å². The first-order valence-electron chi connectivity index (χ1n) is 5.72. The molecule has 0 radical (unpaired) electrons. The SMILES string of the molecule is CNC1CCC(c2ccc(F)cc2)CC1. The van der Waals surface area contributed by atoms with Gasteiger partial charge in [0, 0.05) is 6.04 Å². The molecular weight excluding hydrogens is 189 g/mol. The molecule has 1 aliphatic rings. The lowest BCUT2D eigenvalue weighted by molar-refractivity contribution is 0.358. The second kappa shape index (κ2) is 4.75. The van der Waals surface area contributed by atoms with Gasteiger partial charge in [0.15, 0.2) is 0 Å². The van der Waals surface area contributed by atoms with Gasteiger partial charge in [-0.15, -0.1) is 0 Å². The van der Waals surface area contributed by atoms with Crippen LogP contribution in [0.15, 0.2) is 24.3 Å². The van der Waals surface area contributed by atoms with E-state index in [4.69, 9.17) is 0 Å². The second-order valence-corrected chi connectivity index (χ2v) is 4.39. The lowest BCUT2D eigenvalue weighted by Gasteiger charge is -2.28. The van der Waals surface area contributed by atoms with Gasteiger partial charge in [0.05, 0.1) is 0 Å². The van der Waals surface area contributed by atoms with Gasteiger partial charge in [-0.1, -0.05) is 12.1 Å². The van der Waals surface area contributed by atoms with Crippen LogP contribution in [0.4, 0.5) is 4.39 Å². The Balaban J connectivity index is 1.98. The molecule has 0 unspecified atom stereocenters. The van der Waals surface area contributed by atoms with Crippen LogP contribution < -0.4 is 5.32 Å². The summed E-state index contributed by atoms with van der Waals surface area (Å²) in [5.41, 5.74) is 1.30. The zero-order valence-electron chi connectivity index (χ0n) is 9.17. The maximum Gasteiger partial charge on any atom is 0.123 e. The summed E-state index contributed by atoms with van der Waals surface area (Å²) in [4.78, 5) is 0. The predicted molar refractivity (Wildman–Crippen MR) is 60.5 cm³/mol. The van der Waals surface area contributed by atoms with Crippen molar-refractivity contribution >= 4 is 0 Å². The monoisotopic (exact) mass is 207 g/mol. The number of hydrogen-bond acceptors (Lipinski definition) is 1. The molecule has 0 bridgehead atoms. The average Bonchev–Trinajstić information content (AvgIpc) is 2.30. The van der Waals surface area contributed by atoms with Gasteiger partial charge < -0.3 is 5.32 Å². The van der Waals surface area contributed by atoms with E-state index in [0.717, 1.165) is 0 Å². The quantitative estimate of drug-likeness (QED) is 0.786. The number of benzene rings is 1. The highest BCUT2D eigenvalue weighted by molar-refractivity contribution is 5.21. The van der Waals surface area contributed by atoms with E-state index in [9.17, 15) is 4.39 Å². The maximum absolute atomic E-state index is 12.8. The van der Waals surface area contributed by atoms with E-state index in [1.807, 2.05) is 19.2 Å².